The summed E-state index contributed by atoms with van der Waals surface area (Å²) in [4.78, 5) is 2.34. The molecule has 0 amide bonds. The van der Waals surface area contributed by atoms with Crippen LogP contribution in [-0.2, 0) is 0 Å². The molecule has 7 aromatic carbocycles. The largest absolute Gasteiger partial charge is 0.484 e. The molecule has 0 spiro atoms. The summed E-state index contributed by atoms with van der Waals surface area (Å²) in [5.41, 5.74) is 10.8. The third-order valence-corrected chi connectivity index (χ3v) is 10.2. The van der Waals surface area contributed by atoms with Crippen LogP contribution in [0.25, 0.3) is 55.3 Å². The van der Waals surface area contributed by atoms with E-state index in [0.717, 1.165) is 67.4 Å². The average Bonchev–Trinajstić information content (AvgIpc) is 3.78. The van der Waals surface area contributed by atoms with Gasteiger partial charge in [-0.1, -0.05) is 127 Å². The maximum absolute atomic E-state index is 6.57. The van der Waals surface area contributed by atoms with Crippen molar-refractivity contribution in [1.82, 2.24) is 0 Å². The van der Waals surface area contributed by atoms with Crippen LogP contribution in [0.1, 0.15) is 11.5 Å². The van der Waals surface area contributed by atoms with Gasteiger partial charge in [-0.25, -0.2) is 0 Å². The van der Waals surface area contributed by atoms with E-state index >= 15 is 0 Å². The van der Waals surface area contributed by atoms with E-state index in [1.807, 2.05) is 12.1 Å². The maximum Gasteiger partial charge on any atom is 0.143 e. The number of hydrogen-bond donors (Lipinski definition) is 0. The van der Waals surface area contributed by atoms with Gasteiger partial charge in [0.05, 0.1) is 0 Å². The van der Waals surface area contributed by atoms with E-state index in [1.54, 1.807) is 0 Å². The summed E-state index contributed by atoms with van der Waals surface area (Å²) in [6, 6.07) is 58.1. The zero-order valence-electron chi connectivity index (χ0n) is 27.8. The lowest BCUT2D eigenvalue weighted by atomic mass is 9.90. The molecule has 10 rings (SSSR count). The fourth-order valence-electron chi connectivity index (χ4n) is 7.77. The molecule has 2 heterocycles. The van der Waals surface area contributed by atoms with Gasteiger partial charge in [0.15, 0.2) is 0 Å². The van der Waals surface area contributed by atoms with Crippen molar-refractivity contribution >= 4 is 38.8 Å². The molecule has 0 saturated heterocycles. The molecule has 0 bridgehead atoms. The number of rotatable bonds is 6. The number of furan rings is 1. The van der Waals surface area contributed by atoms with Crippen LogP contribution in [0.5, 0.6) is 5.75 Å². The number of nitrogens with zero attached hydrogens (tertiary/aromatic N) is 1. The summed E-state index contributed by atoms with van der Waals surface area (Å²) in [5, 5.41) is 3.52. The van der Waals surface area contributed by atoms with Crippen LogP contribution in [0, 0.1) is 0 Å². The Labute approximate surface area is 297 Å². The third kappa shape index (κ3) is 5.05. The summed E-state index contributed by atoms with van der Waals surface area (Å²) >= 11 is 0. The van der Waals surface area contributed by atoms with E-state index in [1.165, 1.54) is 16.3 Å². The molecular weight excluding hydrogens is 623 g/mol. The Hall–Kier alpha value is -6.58. The van der Waals surface area contributed by atoms with Gasteiger partial charge in [0, 0.05) is 50.6 Å². The van der Waals surface area contributed by atoms with Crippen molar-refractivity contribution in [2.45, 2.75) is 12.0 Å². The molecule has 3 heteroatoms. The van der Waals surface area contributed by atoms with Gasteiger partial charge in [0.1, 0.15) is 23.2 Å². The van der Waals surface area contributed by atoms with E-state index in [-0.39, 0.29) is 12.0 Å². The lowest BCUT2D eigenvalue weighted by Crippen LogP contribution is -2.15. The van der Waals surface area contributed by atoms with Crippen molar-refractivity contribution in [3.63, 3.8) is 0 Å². The zero-order valence-corrected chi connectivity index (χ0v) is 27.8. The van der Waals surface area contributed by atoms with Crippen LogP contribution in [0.15, 0.2) is 193 Å². The first-order valence-electron chi connectivity index (χ1n) is 17.5. The molecule has 2 aliphatic rings. The van der Waals surface area contributed by atoms with Crippen molar-refractivity contribution < 1.29 is 9.15 Å². The van der Waals surface area contributed by atoms with Crippen molar-refractivity contribution in [1.29, 1.82) is 0 Å². The Morgan fingerprint density at radius 2 is 1.22 bits per heavy atom. The van der Waals surface area contributed by atoms with Crippen LogP contribution in [-0.4, -0.2) is 6.10 Å². The minimum absolute atomic E-state index is 0.0381. The second kappa shape index (κ2) is 12.1. The van der Waals surface area contributed by atoms with Gasteiger partial charge >= 0.3 is 0 Å². The first-order chi connectivity index (χ1) is 25.3. The topological polar surface area (TPSA) is 25.6 Å². The number of allylic oxidation sites excluding steroid dienone is 2. The quantitative estimate of drug-likeness (QED) is 0.178. The highest BCUT2D eigenvalue weighted by Crippen LogP contribution is 2.48. The first-order valence-corrected chi connectivity index (χ1v) is 17.5. The zero-order chi connectivity index (χ0) is 33.7. The smallest absolute Gasteiger partial charge is 0.143 e. The minimum atomic E-state index is 0.0381. The average molecular weight is 656 g/mol. The molecule has 1 aliphatic carbocycles. The number of benzene rings is 7. The molecule has 1 aromatic heterocycles. The first kappa shape index (κ1) is 29.3. The Kier molecular flexibility index (Phi) is 6.95. The monoisotopic (exact) mass is 655 g/mol. The fraction of sp³-hybridized carbons (Fsp3) is 0.0417. The molecule has 2 atom stereocenters. The minimum Gasteiger partial charge on any atom is -0.484 e. The number of hydrogen-bond acceptors (Lipinski definition) is 3. The molecule has 1 aliphatic heterocycles. The summed E-state index contributed by atoms with van der Waals surface area (Å²) in [6.45, 7) is 0. The van der Waals surface area contributed by atoms with Crippen molar-refractivity contribution in [3.8, 4) is 39.3 Å². The molecular formula is C48H33NO2. The molecule has 51 heavy (non-hydrogen) atoms. The molecule has 0 saturated carbocycles. The van der Waals surface area contributed by atoms with Gasteiger partial charge in [-0.2, -0.15) is 0 Å². The van der Waals surface area contributed by atoms with E-state index in [9.17, 15) is 0 Å². The Balaban J connectivity index is 1.10. The lowest BCUT2D eigenvalue weighted by Gasteiger charge is -2.26. The molecule has 0 fully saturated rings. The normalized spacial score (nSPS) is 15.8. The Morgan fingerprint density at radius 3 is 2.12 bits per heavy atom. The third-order valence-electron chi connectivity index (χ3n) is 10.2. The van der Waals surface area contributed by atoms with Crippen molar-refractivity contribution in [2.75, 3.05) is 4.90 Å². The molecule has 3 nitrogen and oxygen atoms in total. The second-order valence-electron chi connectivity index (χ2n) is 13.2. The number of fused-ring (bicyclic) bond motifs is 5. The molecule has 242 valence electrons. The molecule has 2 unspecified atom stereocenters. The Bertz CT molecular complexity index is 2630. The fourth-order valence-corrected chi connectivity index (χ4v) is 7.77. The standard InChI is InChI=1S/C48H33NO2/c1-2-13-33(14-3-1)46-43-19-7-9-23-45(43)50-47(46)34-25-27-37(28-26-34)49(39-29-24-32-12-4-5-15-35(32)30-39)38-17-10-16-36(31-38)40-20-11-21-42-41-18-6-8-22-44(41)51-48(40)42/h1-31,41,44H. The van der Waals surface area contributed by atoms with E-state index in [2.05, 4.69) is 181 Å². The molecule has 8 aromatic rings. The summed E-state index contributed by atoms with van der Waals surface area (Å²) in [6.07, 6.45) is 8.64. The van der Waals surface area contributed by atoms with Crippen LogP contribution in [0.3, 0.4) is 0 Å². The summed E-state index contributed by atoms with van der Waals surface area (Å²) < 4.78 is 13.1. The predicted molar refractivity (Wildman–Crippen MR) is 210 cm³/mol. The van der Waals surface area contributed by atoms with Gasteiger partial charge in [0.25, 0.3) is 0 Å². The van der Waals surface area contributed by atoms with Gasteiger partial charge in [-0.15, -0.1) is 0 Å². The molecule has 0 N–H and O–H groups in total. The highest BCUT2D eigenvalue weighted by Gasteiger charge is 2.33. The van der Waals surface area contributed by atoms with Crippen LogP contribution in [0.2, 0.25) is 0 Å². The maximum atomic E-state index is 6.57. The number of ether oxygens (including phenoxy) is 1. The summed E-state index contributed by atoms with van der Waals surface area (Å²) in [7, 11) is 0. The highest BCUT2D eigenvalue weighted by molar-refractivity contribution is 6.02. The van der Waals surface area contributed by atoms with Crippen LogP contribution in [0.4, 0.5) is 17.1 Å². The summed E-state index contributed by atoms with van der Waals surface area (Å²) in [5.74, 6) is 2.09. The van der Waals surface area contributed by atoms with Crippen LogP contribution >= 0.6 is 0 Å². The van der Waals surface area contributed by atoms with Crippen molar-refractivity contribution in [2.24, 2.45) is 0 Å². The number of para-hydroxylation sites is 2. The highest BCUT2D eigenvalue weighted by atomic mass is 16.5. The predicted octanol–water partition coefficient (Wildman–Crippen LogP) is 13.0. The Morgan fingerprint density at radius 1 is 0.490 bits per heavy atom. The van der Waals surface area contributed by atoms with Gasteiger partial charge in [-0.05, 0) is 82.6 Å². The van der Waals surface area contributed by atoms with Crippen LogP contribution < -0.4 is 9.64 Å². The second-order valence-corrected chi connectivity index (χ2v) is 13.2. The van der Waals surface area contributed by atoms with Gasteiger partial charge in [0.2, 0.25) is 0 Å². The van der Waals surface area contributed by atoms with E-state index in [4.69, 9.17) is 9.15 Å². The lowest BCUT2D eigenvalue weighted by molar-refractivity contribution is 0.270. The molecule has 0 radical (unpaired) electrons. The van der Waals surface area contributed by atoms with Gasteiger partial charge in [-0.3, -0.25) is 0 Å². The van der Waals surface area contributed by atoms with Gasteiger partial charge < -0.3 is 14.1 Å². The van der Waals surface area contributed by atoms with Crippen molar-refractivity contribution in [3.05, 3.63) is 194 Å². The van der Waals surface area contributed by atoms with E-state index < -0.39 is 0 Å². The van der Waals surface area contributed by atoms with E-state index in [0.29, 0.717) is 0 Å². The SMILES string of the molecule is C1=CC2Oc3c(-c4cccc(N(c5ccc(-c6oc7ccccc7c6-c6ccccc6)cc5)c5ccc6ccccc6c5)c4)cccc3C2C=C1. The number of anilines is 3.